The van der Waals surface area contributed by atoms with E-state index in [0.29, 0.717) is 35.4 Å². The first kappa shape index (κ1) is 18.2. The Morgan fingerprint density at radius 1 is 1.12 bits per heavy atom. The molecule has 26 heavy (non-hydrogen) atoms. The Bertz CT molecular complexity index is 902. The Morgan fingerprint density at radius 2 is 1.88 bits per heavy atom. The Hall–Kier alpha value is -2.55. The van der Waals surface area contributed by atoms with Crippen LogP contribution in [-0.2, 0) is 9.84 Å². The van der Waals surface area contributed by atoms with E-state index >= 15 is 0 Å². The van der Waals surface area contributed by atoms with Crippen molar-refractivity contribution in [1.82, 2.24) is 9.97 Å². The molecule has 9 heteroatoms. The molecule has 1 aliphatic heterocycles. The van der Waals surface area contributed by atoms with E-state index in [1.54, 1.807) is 33.3 Å². The van der Waals surface area contributed by atoms with Gasteiger partial charge in [0.1, 0.15) is 29.0 Å². The van der Waals surface area contributed by atoms with Crippen molar-refractivity contribution < 1.29 is 17.9 Å². The predicted molar refractivity (Wildman–Crippen MR) is 100 cm³/mol. The molecule has 0 spiro atoms. The van der Waals surface area contributed by atoms with Crippen LogP contribution < -0.4 is 20.1 Å². The summed E-state index contributed by atoms with van der Waals surface area (Å²) in [5.41, 5.74) is 0.737. The maximum Gasteiger partial charge on any atom is 0.152 e. The van der Waals surface area contributed by atoms with Gasteiger partial charge in [0, 0.05) is 18.2 Å². The summed E-state index contributed by atoms with van der Waals surface area (Å²) in [6.45, 7) is 1.78. The van der Waals surface area contributed by atoms with Gasteiger partial charge in [-0.15, -0.1) is 0 Å². The van der Waals surface area contributed by atoms with Crippen molar-refractivity contribution in [3.8, 4) is 11.5 Å². The molecule has 2 heterocycles. The molecule has 140 valence electrons. The third kappa shape index (κ3) is 4.34. The lowest BCUT2D eigenvalue weighted by atomic mass is 10.2. The van der Waals surface area contributed by atoms with Gasteiger partial charge < -0.3 is 20.1 Å². The first-order valence-corrected chi connectivity index (χ1v) is 10.0. The summed E-state index contributed by atoms with van der Waals surface area (Å²) in [7, 11) is 0.226. The largest absolute Gasteiger partial charge is 0.497 e. The van der Waals surface area contributed by atoms with E-state index in [4.69, 9.17) is 9.47 Å². The highest BCUT2D eigenvalue weighted by Crippen LogP contribution is 2.31. The summed E-state index contributed by atoms with van der Waals surface area (Å²) in [5, 5.41) is 6.40. The molecule has 1 unspecified atom stereocenters. The molecule has 1 fully saturated rings. The van der Waals surface area contributed by atoms with Crippen LogP contribution in [0.25, 0.3) is 0 Å². The van der Waals surface area contributed by atoms with Gasteiger partial charge in [0.15, 0.2) is 9.84 Å². The number of ether oxygens (including phenoxy) is 2. The van der Waals surface area contributed by atoms with Gasteiger partial charge in [-0.05, 0) is 25.5 Å². The minimum atomic E-state index is -2.95. The van der Waals surface area contributed by atoms with Crippen molar-refractivity contribution in [3.63, 3.8) is 0 Å². The molecule has 0 aliphatic carbocycles. The first-order valence-electron chi connectivity index (χ1n) is 8.20. The quantitative estimate of drug-likeness (QED) is 0.788. The minimum Gasteiger partial charge on any atom is -0.497 e. The molecule has 1 saturated heterocycles. The van der Waals surface area contributed by atoms with Gasteiger partial charge in [-0.25, -0.2) is 18.4 Å². The normalized spacial score (nSPS) is 18.3. The number of sulfone groups is 1. The van der Waals surface area contributed by atoms with E-state index in [1.165, 1.54) is 0 Å². The fourth-order valence-corrected chi connectivity index (χ4v) is 4.54. The molecule has 0 radical (unpaired) electrons. The fraction of sp³-hybridized carbons (Fsp3) is 0.412. The van der Waals surface area contributed by atoms with Gasteiger partial charge >= 0.3 is 0 Å². The van der Waals surface area contributed by atoms with Crippen LogP contribution >= 0.6 is 0 Å². The SMILES string of the molecule is COc1ccc(Nc2cc(NC3CCS(=O)(=O)C3)nc(C)n2)c(OC)c1. The maximum absolute atomic E-state index is 11.6. The van der Waals surface area contributed by atoms with Crippen LogP contribution in [0.1, 0.15) is 12.2 Å². The summed E-state index contributed by atoms with van der Waals surface area (Å²) in [4.78, 5) is 8.73. The number of methoxy groups -OCH3 is 2. The molecular formula is C17H22N4O4S. The van der Waals surface area contributed by atoms with Crippen molar-refractivity contribution in [3.05, 3.63) is 30.1 Å². The van der Waals surface area contributed by atoms with Gasteiger partial charge in [-0.1, -0.05) is 0 Å². The number of aromatic nitrogens is 2. The van der Waals surface area contributed by atoms with Crippen LogP contribution in [0.4, 0.5) is 17.3 Å². The number of nitrogens with one attached hydrogen (secondary N) is 2. The molecule has 0 saturated carbocycles. The summed E-state index contributed by atoms with van der Waals surface area (Å²) in [6, 6.07) is 7.06. The first-order chi connectivity index (χ1) is 12.4. The topological polar surface area (TPSA) is 102 Å². The van der Waals surface area contributed by atoms with E-state index in [1.807, 2.05) is 12.1 Å². The van der Waals surface area contributed by atoms with Crippen molar-refractivity contribution in [2.75, 3.05) is 36.4 Å². The zero-order chi connectivity index (χ0) is 18.7. The second-order valence-electron chi connectivity index (χ2n) is 6.12. The number of nitrogens with zero attached hydrogens (tertiary/aromatic N) is 2. The zero-order valence-corrected chi connectivity index (χ0v) is 15.8. The lowest BCUT2D eigenvalue weighted by Gasteiger charge is -2.15. The third-order valence-corrected chi connectivity index (χ3v) is 5.86. The number of anilines is 3. The number of benzene rings is 1. The zero-order valence-electron chi connectivity index (χ0n) is 14.9. The van der Waals surface area contributed by atoms with Crippen molar-refractivity contribution in [2.24, 2.45) is 0 Å². The molecule has 1 aromatic heterocycles. The molecule has 1 atom stereocenters. The summed E-state index contributed by atoms with van der Waals surface area (Å²) in [6.07, 6.45) is 0.584. The average molecular weight is 378 g/mol. The molecule has 0 amide bonds. The second-order valence-corrected chi connectivity index (χ2v) is 8.35. The molecule has 2 N–H and O–H groups in total. The van der Waals surface area contributed by atoms with Crippen LogP contribution in [0.2, 0.25) is 0 Å². The number of rotatable bonds is 6. The van der Waals surface area contributed by atoms with Crippen LogP contribution in [-0.4, -0.2) is 50.2 Å². The molecule has 0 bridgehead atoms. The number of aryl methyl sites for hydroxylation is 1. The van der Waals surface area contributed by atoms with Gasteiger partial charge in [-0.2, -0.15) is 0 Å². The van der Waals surface area contributed by atoms with Crippen LogP contribution in [0.15, 0.2) is 24.3 Å². The molecule has 8 nitrogen and oxygen atoms in total. The standard InChI is InChI=1S/C17H22N4O4S/c1-11-18-16(20-12-6-7-26(22,23)10-12)9-17(19-11)21-14-5-4-13(24-2)8-15(14)25-3/h4-5,8-9,12H,6-7,10H2,1-3H3,(H2,18,19,20,21). The third-order valence-electron chi connectivity index (χ3n) is 4.09. The second kappa shape index (κ2) is 7.36. The molecule has 1 aromatic carbocycles. The fourth-order valence-electron chi connectivity index (χ4n) is 2.86. The summed E-state index contributed by atoms with van der Waals surface area (Å²) >= 11 is 0. The van der Waals surface area contributed by atoms with Gasteiger partial charge in [0.2, 0.25) is 0 Å². The van der Waals surface area contributed by atoms with Crippen molar-refractivity contribution in [1.29, 1.82) is 0 Å². The maximum atomic E-state index is 11.6. The van der Waals surface area contributed by atoms with Crippen molar-refractivity contribution >= 4 is 27.2 Å². The number of hydrogen-bond acceptors (Lipinski definition) is 8. The number of hydrogen-bond donors (Lipinski definition) is 2. The van der Waals surface area contributed by atoms with Crippen LogP contribution in [0, 0.1) is 6.92 Å². The van der Waals surface area contributed by atoms with E-state index in [9.17, 15) is 8.42 Å². The molecule has 3 rings (SSSR count). The van der Waals surface area contributed by atoms with Gasteiger partial charge in [0.25, 0.3) is 0 Å². The Morgan fingerprint density at radius 3 is 2.54 bits per heavy atom. The predicted octanol–water partition coefficient (Wildman–Crippen LogP) is 2.14. The Balaban J connectivity index is 1.80. The van der Waals surface area contributed by atoms with Gasteiger partial charge in [0.05, 0.1) is 31.4 Å². The van der Waals surface area contributed by atoms with E-state index < -0.39 is 9.84 Å². The highest BCUT2D eigenvalue weighted by molar-refractivity contribution is 7.91. The van der Waals surface area contributed by atoms with Crippen molar-refractivity contribution in [2.45, 2.75) is 19.4 Å². The summed E-state index contributed by atoms with van der Waals surface area (Å²) in [5.74, 6) is 3.41. The van der Waals surface area contributed by atoms with E-state index in [0.717, 1.165) is 5.69 Å². The Kier molecular flexibility index (Phi) is 5.17. The monoisotopic (exact) mass is 378 g/mol. The molecular weight excluding hydrogens is 356 g/mol. The molecule has 1 aliphatic rings. The average Bonchev–Trinajstić information content (AvgIpc) is 2.93. The van der Waals surface area contributed by atoms with E-state index in [-0.39, 0.29) is 17.5 Å². The highest BCUT2D eigenvalue weighted by atomic mass is 32.2. The lowest BCUT2D eigenvalue weighted by Crippen LogP contribution is -2.21. The smallest absolute Gasteiger partial charge is 0.152 e. The highest BCUT2D eigenvalue weighted by Gasteiger charge is 2.28. The van der Waals surface area contributed by atoms with Gasteiger partial charge in [-0.3, -0.25) is 0 Å². The minimum absolute atomic E-state index is 0.127. The molecule has 2 aromatic rings. The van der Waals surface area contributed by atoms with Crippen LogP contribution in [0.5, 0.6) is 11.5 Å². The lowest BCUT2D eigenvalue weighted by molar-refractivity contribution is 0.395. The van der Waals surface area contributed by atoms with Crippen LogP contribution in [0.3, 0.4) is 0 Å². The Labute approximate surface area is 152 Å². The summed E-state index contributed by atoms with van der Waals surface area (Å²) < 4.78 is 33.8. The van der Waals surface area contributed by atoms with E-state index in [2.05, 4.69) is 20.6 Å².